The first-order valence-electron chi connectivity index (χ1n) is 6.84. The Kier molecular flexibility index (Phi) is 4.41. The molecule has 0 atom stereocenters. The highest BCUT2D eigenvalue weighted by Crippen LogP contribution is 2.31. The first-order chi connectivity index (χ1) is 8.48. The number of rotatable bonds is 4. The van der Waals surface area contributed by atoms with Gasteiger partial charge in [-0.3, -0.25) is 0 Å². The Labute approximate surface area is 114 Å². The number of aromatic nitrogens is 1. The van der Waals surface area contributed by atoms with Crippen LogP contribution < -0.4 is 5.32 Å². The molecule has 1 aliphatic carbocycles. The van der Waals surface area contributed by atoms with Crippen molar-refractivity contribution in [3.63, 3.8) is 0 Å². The summed E-state index contributed by atoms with van der Waals surface area (Å²) in [5, 5.41) is 14.9. The van der Waals surface area contributed by atoms with Crippen molar-refractivity contribution in [3.05, 3.63) is 15.6 Å². The van der Waals surface area contributed by atoms with E-state index >= 15 is 0 Å². The molecule has 1 saturated carbocycles. The molecular weight excluding hydrogens is 244 g/mol. The molecule has 0 saturated heterocycles. The van der Waals surface area contributed by atoms with Gasteiger partial charge in [-0.1, -0.05) is 6.92 Å². The molecule has 0 aliphatic heterocycles. The summed E-state index contributed by atoms with van der Waals surface area (Å²) in [6.45, 7) is 7.89. The number of hydrogen-bond donors (Lipinski definition) is 2. The van der Waals surface area contributed by atoms with Crippen LogP contribution in [0.1, 0.15) is 48.2 Å². The highest BCUT2D eigenvalue weighted by atomic mass is 32.1. The molecule has 0 amide bonds. The molecule has 1 aromatic heterocycles. The monoisotopic (exact) mass is 268 g/mol. The summed E-state index contributed by atoms with van der Waals surface area (Å²) in [6, 6.07) is 0. The lowest BCUT2D eigenvalue weighted by Gasteiger charge is -2.35. The van der Waals surface area contributed by atoms with Crippen LogP contribution in [0, 0.1) is 19.8 Å². The number of nitrogens with one attached hydrogen (secondary N) is 1. The Hall–Kier alpha value is -0.450. The highest BCUT2D eigenvalue weighted by molar-refractivity contribution is 7.11. The van der Waals surface area contributed by atoms with Crippen LogP contribution in [0.4, 0.5) is 0 Å². The van der Waals surface area contributed by atoms with Crippen LogP contribution in [0.25, 0.3) is 0 Å². The van der Waals surface area contributed by atoms with Crippen LogP contribution in [0.2, 0.25) is 0 Å². The van der Waals surface area contributed by atoms with Gasteiger partial charge in [0.25, 0.3) is 0 Å². The van der Waals surface area contributed by atoms with Gasteiger partial charge in [0.05, 0.1) is 11.3 Å². The van der Waals surface area contributed by atoms with Crippen molar-refractivity contribution >= 4 is 11.3 Å². The Morgan fingerprint density at radius 1 is 1.39 bits per heavy atom. The van der Waals surface area contributed by atoms with Crippen LogP contribution in [0.5, 0.6) is 0 Å². The minimum atomic E-state index is -0.492. The van der Waals surface area contributed by atoms with E-state index in [1.807, 2.05) is 6.92 Å². The van der Waals surface area contributed by atoms with Crippen molar-refractivity contribution in [2.75, 3.05) is 6.54 Å². The summed E-state index contributed by atoms with van der Waals surface area (Å²) in [5.41, 5.74) is 0.635. The second-order valence-electron chi connectivity index (χ2n) is 5.76. The van der Waals surface area contributed by atoms with Crippen LogP contribution in [-0.2, 0) is 6.54 Å². The van der Waals surface area contributed by atoms with Crippen LogP contribution >= 0.6 is 11.3 Å². The molecule has 1 aliphatic rings. The van der Waals surface area contributed by atoms with Gasteiger partial charge in [-0.05, 0) is 45.4 Å². The van der Waals surface area contributed by atoms with E-state index < -0.39 is 5.60 Å². The lowest BCUT2D eigenvalue weighted by molar-refractivity contribution is -0.00630. The maximum atomic E-state index is 10.4. The normalized spacial score (nSPS) is 28.6. The standard InChI is InChI=1S/C14H24N2OS/c1-10-4-6-14(17,7-5-10)9-15-8-13-16-11(2)12(3)18-13/h10,15,17H,4-9H2,1-3H3. The Balaban J connectivity index is 1.78. The van der Waals surface area contributed by atoms with Gasteiger partial charge < -0.3 is 10.4 Å². The SMILES string of the molecule is Cc1nc(CNCC2(O)CCC(C)CC2)sc1C. The fraction of sp³-hybridized carbons (Fsp3) is 0.786. The number of nitrogens with zero attached hydrogens (tertiary/aromatic N) is 1. The molecular formula is C14H24N2OS. The number of aliphatic hydroxyl groups is 1. The Morgan fingerprint density at radius 2 is 2.06 bits per heavy atom. The molecule has 1 heterocycles. The Bertz CT molecular complexity index is 375. The van der Waals surface area contributed by atoms with Gasteiger partial charge in [-0.2, -0.15) is 0 Å². The molecule has 18 heavy (non-hydrogen) atoms. The fourth-order valence-corrected chi connectivity index (χ4v) is 3.40. The first kappa shape index (κ1) is 14.0. The third kappa shape index (κ3) is 3.53. The van der Waals surface area contributed by atoms with Crippen LogP contribution in [0.3, 0.4) is 0 Å². The van der Waals surface area contributed by atoms with Crippen molar-refractivity contribution in [1.29, 1.82) is 0 Å². The highest BCUT2D eigenvalue weighted by Gasteiger charge is 2.31. The zero-order valence-electron chi connectivity index (χ0n) is 11.6. The summed E-state index contributed by atoms with van der Waals surface area (Å²) < 4.78 is 0. The van der Waals surface area contributed by atoms with E-state index in [0.717, 1.165) is 48.8 Å². The quantitative estimate of drug-likeness (QED) is 0.882. The minimum Gasteiger partial charge on any atom is -0.389 e. The van der Waals surface area contributed by atoms with Gasteiger partial charge in [0, 0.05) is 18.0 Å². The van der Waals surface area contributed by atoms with Crippen molar-refractivity contribution in [2.45, 2.75) is 58.6 Å². The van der Waals surface area contributed by atoms with Crippen molar-refractivity contribution in [1.82, 2.24) is 10.3 Å². The molecule has 4 heteroatoms. The maximum absolute atomic E-state index is 10.4. The number of aryl methyl sites for hydroxylation is 2. The molecule has 0 unspecified atom stereocenters. The van der Waals surface area contributed by atoms with E-state index in [-0.39, 0.29) is 0 Å². The van der Waals surface area contributed by atoms with Gasteiger partial charge >= 0.3 is 0 Å². The predicted molar refractivity (Wildman–Crippen MR) is 75.9 cm³/mol. The average molecular weight is 268 g/mol. The predicted octanol–water partition coefficient (Wildman–Crippen LogP) is 2.79. The maximum Gasteiger partial charge on any atom is 0.107 e. The first-order valence-corrected chi connectivity index (χ1v) is 7.66. The Morgan fingerprint density at radius 3 is 2.61 bits per heavy atom. The van der Waals surface area contributed by atoms with Gasteiger partial charge in [-0.15, -0.1) is 11.3 Å². The van der Waals surface area contributed by atoms with Crippen LogP contribution in [-0.4, -0.2) is 22.2 Å². The van der Waals surface area contributed by atoms with Crippen molar-refractivity contribution < 1.29 is 5.11 Å². The molecule has 0 bridgehead atoms. The molecule has 102 valence electrons. The van der Waals surface area contributed by atoms with E-state index in [4.69, 9.17) is 0 Å². The van der Waals surface area contributed by atoms with Crippen molar-refractivity contribution in [2.24, 2.45) is 5.92 Å². The molecule has 2 N–H and O–H groups in total. The van der Waals surface area contributed by atoms with E-state index in [0.29, 0.717) is 6.54 Å². The second-order valence-corrected chi connectivity index (χ2v) is 7.05. The zero-order valence-corrected chi connectivity index (χ0v) is 12.4. The second kappa shape index (κ2) is 5.68. The average Bonchev–Trinajstić information content (AvgIpc) is 2.63. The van der Waals surface area contributed by atoms with Gasteiger partial charge in [-0.25, -0.2) is 4.98 Å². The smallest absolute Gasteiger partial charge is 0.107 e. The summed E-state index contributed by atoms with van der Waals surface area (Å²) in [4.78, 5) is 5.79. The lowest BCUT2D eigenvalue weighted by Crippen LogP contribution is -2.43. The van der Waals surface area contributed by atoms with Crippen LogP contribution in [0.15, 0.2) is 0 Å². The van der Waals surface area contributed by atoms with E-state index in [9.17, 15) is 5.11 Å². The third-order valence-electron chi connectivity index (χ3n) is 4.01. The zero-order chi connectivity index (χ0) is 13.2. The van der Waals surface area contributed by atoms with Crippen molar-refractivity contribution in [3.8, 4) is 0 Å². The number of thiazole rings is 1. The topological polar surface area (TPSA) is 45.2 Å². The molecule has 0 aromatic carbocycles. The van der Waals surface area contributed by atoms with E-state index in [2.05, 4.69) is 24.1 Å². The summed E-state index contributed by atoms with van der Waals surface area (Å²) in [7, 11) is 0. The largest absolute Gasteiger partial charge is 0.389 e. The summed E-state index contributed by atoms with van der Waals surface area (Å²) in [6.07, 6.45) is 4.15. The summed E-state index contributed by atoms with van der Waals surface area (Å²) in [5.74, 6) is 0.773. The van der Waals surface area contributed by atoms with Gasteiger partial charge in [0.2, 0.25) is 0 Å². The molecule has 2 rings (SSSR count). The molecule has 3 nitrogen and oxygen atoms in total. The molecule has 1 aromatic rings. The van der Waals surface area contributed by atoms with E-state index in [1.54, 1.807) is 11.3 Å². The lowest BCUT2D eigenvalue weighted by atomic mass is 9.79. The molecule has 0 radical (unpaired) electrons. The minimum absolute atomic E-state index is 0.492. The summed E-state index contributed by atoms with van der Waals surface area (Å²) >= 11 is 1.75. The van der Waals surface area contributed by atoms with Gasteiger partial charge in [0.15, 0.2) is 0 Å². The van der Waals surface area contributed by atoms with Gasteiger partial charge in [0.1, 0.15) is 5.01 Å². The third-order valence-corrected chi connectivity index (χ3v) is 5.08. The number of hydrogen-bond acceptors (Lipinski definition) is 4. The van der Waals surface area contributed by atoms with E-state index in [1.165, 1.54) is 4.88 Å². The fourth-order valence-electron chi connectivity index (χ4n) is 2.49. The molecule has 0 spiro atoms. The molecule has 1 fully saturated rings.